The van der Waals surface area contributed by atoms with E-state index in [-0.39, 0.29) is 5.56 Å². The van der Waals surface area contributed by atoms with Gasteiger partial charge in [-0.2, -0.15) is 0 Å². The Hall–Kier alpha value is -3.24. The fourth-order valence-corrected chi connectivity index (χ4v) is 4.43. The van der Waals surface area contributed by atoms with Gasteiger partial charge in [-0.25, -0.2) is 4.98 Å². The summed E-state index contributed by atoms with van der Waals surface area (Å²) < 4.78 is 1.79. The number of aliphatic hydroxyl groups excluding tert-OH is 1. The van der Waals surface area contributed by atoms with E-state index in [0.717, 1.165) is 39.0 Å². The standard InChI is InChI=1S/C25H22N2O2/c1-14-9-10-21-19(11-14)23(17-7-5-4-6-8-17)20-13-27-22(24(20)26-21)12-18(16(3)28)15(2)25(27)29/h4-12,16,28H,13H2,1-3H3. The Kier molecular flexibility index (Phi) is 3.93. The van der Waals surface area contributed by atoms with Crippen molar-refractivity contribution >= 4 is 10.9 Å². The summed E-state index contributed by atoms with van der Waals surface area (Å²) in [7, 11) is 0. The molecule has 5 rings (SSSR count). The van der Waals surface area contributed by atoms with Crippen molar-refractivity contribution in [1.29, 1.82) is 0 Å². The van der Waals surface area contributed by atoms with Crippen LogP contribution < -0.4 is 5.56 Å². The van der Waals surface area contributed by atoms with Crippen LogP contribution in [0.25, 0.3) is 33.4 Å². The Morgan fingerprint density at radius 2 is 1.83 bits per heavy atom. The van der Waals surface area contributed by atoms with Crippen molar-refractivity contribution in [3.63, 3.8) is 0 Å². The highest BCUT2D eigenvalue weighted by molar-refractivity contribution is 6.00. The number of benzene rings is 2. The minimum Gasteiger partial charge on any atom is -0.389 e. The van der Waals surface area contributed by atoms with Crippen LogP contribution in [-0.4, -0.2) is 14.7 Å². The van der Waals surface area contributed by atoms with Gasteiger partial charge in [0.25, 0.3) is 5.56 Å². The second kappa shape index (κ2) is 6.39. The summed E-state index contributed by atoms with van der Waals surface area (Å²) >= 11 is 0. The predicted octanol–water partition coefficient (Wildman–Crippen LogP) is 4.76. The molecule has 2 aromatic heterocycles. The van der Waals surface area contributed by atoms with Crippen LogP contribution in [0.3, 0.4) is 0 Å². The van der Waals surface area contributed by atoms with Crippen molar-refractivity contribution in [2.75, 3.05) is 0 Å². The molecular weight excluding hydrogens is 360 g/mol. The van der Waals surface area contributed by atoms with Gasteiger partial charge in [0.2, 0.25) is 0 Å². The fraction of sp³-hybridized carbons (Fsp3) is 0.200. The van der Waals surface area contributed by atoms with Gasteiger partial charge < -0.3 is 9.67 Å². The number of rotatable bonds is 2. The molecule has 4 aromatic rings. The van der Waals surface area contributed by atoms with Crippen molar-refractivity contribution in [2.45, 2.75) is 33.4 Å². The molecule has 0 saturated carbocycles. The van der Waals surface area contributed by atoms with Gasteiger partial charge in [0.1, 0.15) is 0 Å². The molecule has 29 heavy (non-hydrogen) atoms. The largest absolute Gasteiger partial charge is 0.389 e. The number of nitrogens with zero attached hydrogens (tertiary/aromatic N) is 2. The summed E-state index contributed by atoms with van der Waals surface area (Å²) in [5, 5.41) is 11.3. The van der Waals surface area contributed by atoms with E-state index in [0.29, 0.717) is 17.7 Å². The lowest BCUT2D eigenvalue weighted by Gasteiger charge is -2.13. The first-order valence-corrected chi connectivity index (χ1v) is 9.87. The zero-order valence-corrected chi connectivity index (χ0v) is 16.7. The van der Waals surface area contributed by atoms with Crippen molar-refractivity contribution < 1.29 is 5.11 Å². The second-order valence-electron chi connectivity index (χ2n) is 7.88. The minimum atomic E-state index is -0.700. The van der Waals surface area contributed by atoms with Gasteiger partial charge in [-0.15, -0.1) is 0 Å². The summed E-state index contributed by atoms with van der Waals surface area (Å²) in [6.45, 7) is 6.05. The summed E-state index contributed by atoms with van der Waals surface area (Å²) in [6.07, 6.45) is -0.700. The molecule has 1 aliphatic rings. The highest BCUT2D eigenvalue weighted by Gasteiger charge is 2.28. The van der Waals surface area contributed by atoms with Crippen LogP contribution in [0.4, 0.5) is 0 Å². The summed E-state index contributed by atoms with van der Waals surface area (Å²) in [4.78, 5) is 18.0. The minimum absolute atomic E-state index is 0.0596. The quantitative estimate of drug-likeness (QED) is 0.479. The maximum absolute atomic E-state index is 13.1. The van der Waals surface area contributed by atoms with E-state index in [9.17, 15) is 9.90 Å². The molecule has 4 heteroatoms. The van der Waals surface area contributed by atoms with Crippen molar-refractivity contribution in [1.82, 2.24) is 9.55 Å². The van der Waals surface area contributed by atoms with Crippen LogP contribution in [0.5, 0.6) is 0 Å². The number of fused-ring (bicyclic) bond motifs is 4. The zero-order chi connectivity index (χ0) is 20.3. The lowest BCUT2D eigenvalue weighted by molar-refractivity contribution is 0.198. The normalized spacial score (nSPS) is 13.4. The maximum atomic E-state index is 13.1. The highest BCUT2D eigenvalue weighted by atomic mass is 16.3. The predicted molar refractivity (Wildman–Crippen MR) is 116 cm³/mol. The highest BCUT2D eigenvalue weighted by Crippen LogP contribution is 2.41. The molecule has 144 valence electrons. The first kappa shape index (κ1) is 17.8. The number of pyridine rings is 2. The molecule has 0 saturated heterocycles. The van der Waals surface area contributed by atoms with Crippen molar-refractivity contribution in [3.05, 3.63) is 87.2 Å². The SMILES string of the molecule is Cc1ccc2nc3c(c(-c4ccccc4)c2c1)Cn1c-3cc(C(C)O)c(C)c1=O. The van der Waals surface area contributed by atoms with Crippen molar-refractivity contribution in [2.24, 2.45) is 0 Å². The number of aliphatic hydroxyl groups is 1. The molecule has 0 amide bonds. The molecule has 0 radical (unpaired) electrons. The van der Waals surface area contributed by atoms with Crippen LogP contribution in [-0.2, 0) is 6.54 Å². The van der Waals surface area contributed by atoms with Crippen LogP contribution in [0.1, 0.15) is 35.3 Å². The summed E-state index contributed by atoms with van der Waals surface area (Å²) in [6, 6.07) is 18.5. The average Bonchev–Trinajstić information content (AvgIpc) is 3.07. The second-order valence-corrected chi connectivity index (χ2v) is 7.88. The number of hydrogen-bond acceptors (Lipinski definition) is 3. The third-order valence-electron chi connectivity index (χ3n) is 5.89. The van der Waals surface area contributed by atoms with Crippen LogP contribution in [0.2, 0.25) is 0 Å². The molecule has 0 spiro atoms. The van der Waals surface area contributed by atoms with E-state index in [1.165, 1.54) is 5.56 Å². The number of aromatic nitrogens is 2. The molecule has 0 fully saturated rings. The van der Waals surface area contributed by atoms with Crippen LogP contribution >= 0.6 is 0 Å². The van der Waals surface area contributed by atoms with Gasteiger partial charge in [0, 0.05) is 16.5 Å². The molecule has 2 aromatic carbocycles. The van der Waals surface area contributed by atoms with E-state index >= 15 is 0 Å². The van der Waals surface area contributed by atoms with Gasteiger partial charge >= 0.3 is 0 Å². The molecule has 4 nitrogen and oxygen atoms in total. The van der Waals surface area contributed by atoms with E-state index in [2.05, 4.69) is 31.2 Å². The Bertz CT molecular complexity index is 1340. The zero-order valence-electron chi connectivity index (χ0n) is 16.7. The lowest BCUT2D eigenvalue weighted by atomic mass is 9.93. The van der Waals surface area contributed by atoms with Gasteiger partial charge in [-0.1, -0.05) is 42.0 Å². The van der Waals surface area contributed by atoms with E-state index < -0.39 is 6.10 Å². The summed E-state index contributed by atoms with van der Waals surface area (Å²) in [5.74, 6) is 0. The van der Waals surface area contributed by atoms with Crippen LogP contribution in [0.15, 0.2) is 59.4 Å². The Balaban J connectivity index is 1.90. The lowest BCUT2D eigenvalue weighted by Crippen LogP contribution is -2.23. The monoisotopic (exact) mass is 382 g/mol. The molecule has 1 atom stereocenters. The summed E-state index contributed by atoms with van der Waals surface area (Å²) in [5.41, 5.74) is 8.22. The third-order valence-corrected chi connectivity index (χ3v) is 5.89. The smallest absolute Gasteiger partial charge is 0.254 e. The molecule has 0 bridgehead atoms. The Labute approximate surface area is 169 Å². The number of aryl methyl sites for hydroxylation is 1. The van der Waals surface area contributed by atoms with Crippen molar-refractivity contribution in [3.8, 4) is 22.5 Å². The molecular formula is C25H22N2O2. The first-order chi connectivity index (χ1) is 14.0. The molecule has 1 aliphatic heterocycles. The maximum Gasteiger partial charge on any atom is 0.254 e. The van der Waals surface area contributed by atoms with Gasteiger partial charge in [-0.05, 0) is 55.7 Å². The molecule has 0 aliphatic carbocycles. The average molecular weight is 382 g/mol. The van der Waals surface area contributed by atoms with E-state index in [1.54, 1.807) is 18.4 Å². The molecule has 1 unspecified atom stereocenters. The molecule has 1 N–H and O–H groups in total. The topological polar surface area (TPSA) is 55.1 Å². The Morgan fingerprint density at radius 1 is 1.07 bits per heavy atom. The fourth-order valence-electron chi connectivity index (χ4n) is 4.43. The first-order valence-electron chi connectivity index (χ1n) is 9.87. The van der Waals surface area contributed by atoms with Crippen LogP contribution in [0, 0.1) is 13.8 Å². The van der Waals surface area contributed by atoms with E-state index in [4.69, 9.17) is 4.98 Å². The van der Waals surface area contributed by atoms with Gasteiger partial charge in [-0.3, -0.25) is 4.79 Å². The number of hydrogen-bond donors (Lipinski definition) is 1. The van der Waals surface area contributed by atoms with Gasteiger partial charge in [0.15, 0.2) is 0 Å². The van der Waals surface area contributed by atoms with Gasteiger partial charge in [0.05, 0.1) is 29.6 Å². The third kappa shape index (κ3) is 2.64. The van der Waals surface area contributed by atoms with E-state index in [1.807, 2.05) is 30.3 Å². The Morgan fingerprint density at radius 3 is 2.55 bits per heavy atom. The molecule has 3 heterocycles.